The van der Waals surface area contributed by atoms with Crippen LogP contribution in [0.3, 0.4) is 0 Å². The number of carbonyl (C=O) groups is 2. The molecule has 1 aromatic carbocycles. The first-order valence-electron chi connectivity index (χ1n) is 10.9. The predicted octanol–water partition coefficient (Wildman–Crippen LogP) is 4.15. The van der Waals surface area contributed by atoms with Crippen LogP contribution in [0.1, 0.15) is 39.4 Å². The van der Waals surface area contributed by atoms with Gasteiger partial charge < -0.3 is 24.3 Å². The van der Waals surface area contributed by atoms with Crippen molar-refractivity contribution < 1.29 is 32.2 Å². The van der Waals surface area contributed by atoms with Gasteiger partial charge in [0.2, 0.25) is 0 Å². The number of ether oxygens (including phenoxy) is 2. The summed E-state index contributed by atoms with van der Waals surface area (Å²) in [5, 5.41) is 2.75. The Morgan fingerprint density at radius 2 is 1.91 bits per heavy atom. The number of halogens is 3. The van der Waals surface area contributed by atoms with Gasteiger partial charge in [0.1, 0.15) is 23.2 Å². The third-order valence-electron chi connectivity index (χ3n) is 5.97. The van der Waals surface area contributed by atoms with E-state index in [1.165, 1.54) is 29.4 Å². The average molecular weight is 486 g/mol. The van der Waals surface area contributed by atoms with Crippen molar-refractivity contribution in [3.05, 3.63) is 71.8 Å². The molecular formula is C24H21F3N4O4. The number of hydrogen-bond donors (Lipinski definition) is 1. The largest absolute Gasteiger partial charge is 0.483 e. The molecule has 0 saturated carbocycles. The number of hydrogen-bond acceptors (Lipinski definition) is 5. The minimum atomic E-state index is -4.47. The summed E-state index contributed by atoms with van der Waals surface area (Å²) >= 11 is 0. The number of alkyl halides is 3. The van der Waals surface area contributed by atoms with E-state index in [1.54, 1.807) is 22.9 Å². The van der Waals surface area contributed by atoms with Gasteiger partial charge >= 0.3 is 6.18 Å². The highest BCUT2D eigenvalue weighted by atomic mass is 19.4. The fraction of sp³-hybridized carbons (Fsp3) is 0.292. The molecule has 2 aliphatic heterocycles. The molecule has 8 nitrogen and oxygen atoms in total. The lowest BCUT2D eigenvalue weighted by Crippen LogP contribution is -2.43. The maximum atomic E-state index is 13.4. The smallest absolute Gasteiger partial charge is 0.416 e. The molecule has 5 rings (SSSR count). The lowest BCUT2D eigenvalue weighted by molar-refractivity contribution is -0.137. The van der Waals surface area contributed by atoms with Crippen molar-refractivity contribution >= 4 is 23.2 Å². The lowest BCUT2D eigenvalue weighted by Gasteiger charge is -2.33. The highest BCUT2D eigenvalue weighted by Gasteiger charge is 2.35. The highest BCUT2D eigenvalue weighted by molar-refractivity contribution is 6.16. The molecule has 0 unspecified atom stereocenters. The molecular weight excluding hydrogens is 465 g/mol. The fourth-order valence-electron chi connectivity index (χ4n) is 4.07. The zero-order chi connectivity index (χ0) is 24.7. The third-order valence-corrected chi connectivity index (χ3v) is 5.97. The molecule has 1 fully saturated rings. The van der Waals surface area contributed by atoms with Gasteiger partial charge in [-0.3, -0.25) is 14.6 Å². The zero-order valence-electron chi connectivity index (χ0n) is 18.6. The van der Waals surface area contributed by atoms with Crippen LogP contribution in [0.2, 0.25) is 0 Å². The summed E-state index contributed by atoms with van der Waals surface area (Å²) in [7, 11) is 0. The van der Waals surface area contributed by atoms with Gasteiger partial charge in [-0.2, -0.15) is 13.2 Å². The van der Waals surface area contributed by atoms with Gasteiger partial charge in [0.15, 0.2) is 0 Å². The first-order chi connectivity index (χ1) is 16.7. The summed E-state index contributed by atoms with van der Waals surface area (Å²) in [6.45, 7) is 3.02. The van der Waals surface area contributed by atoms with Crippen LogP contribution in [-0.2, 0) is 10.9 Å². The van der Waals surface area contributed by atoms with Crippen molar-refractivity contribution in [2.45, 2.75) is 25.2 Å². The van der Waals surface area contributed by atoms with E-state index in [4.69, 9.17) is 9.47 Å². The summed E-state index contributed by atoms with van der Waals surface area (Å²) in [5.41, 5.74) is 0.157. The van der Waals surface area contributed by atoms with Crippen molar-refractivity contribution in [2.24, 2.45) is 0 Å². The molecule has 0 spiro atoms. The first-order valence-corrected chi connectivity index (χ1v) is 10.9. The van der Waals surface area contributed by atoms with Gasteiger partial charge in [0, 0.05) is 36.7 Å². The van der Waals surface area contributed by atoms with E-state index >= 15 is 0 Å². The molecule has 0 radical (unpaired) electrons. The summed E-state index contributed by atoms with van der Waals surface area (Å²) < 4.78 is 51.5. The Morgan fingerprint density at radius 3 is 2.57 bits per heavy atom. The molecule has 2 amide bonds. The van der Waals surface area contributed by atoms with Crippen LogP contribution in [0.15, 0.2) is 55.0 Å². The monoisotopic (exact) mass is 486 g/mol. The number of aromatic nitrogens is 2. The standard InChI is InChI=1S/C24H21F3N4O4/c1-14-11-31(16-4-2-15(3-5-16)24(25,26)27)23(33)21-18(7-9-30(14)21)22(32)29-19-10-28-8-6-20(19)35-17-12-34-13-17/h2-10,14,17H,11-13H2,1H3,(H,29,32)/t14-/m0/s1. The van der Waals surface area contributed by atoms with Crippen molar-refractivity contribution in [3.63, 3.8) is 0 Å². The van der Waals surface area contributed by atoms with E-state index in [0.29, 0.717) is 30.3 Å². The molecule has 0 aliphatic carbocycles. The maximum absolute atomic E-state index is 13.4. The van der Waals surface area contributed by atoms with Crippen LogP contribution in [0.5, 0.6) is 5.75 Å². The average Bonchev–Trinajstić information content (AvgIpc) is 3.25. The fourth-order valence-corrected chi connectivity index (χ4v) is 4.07. The van der Waals surface area contributed by atoms with Gasteiger partial charge in [0.25, 0.3) is 11.8 Å². The number of benzene rings is 1. The van der Waals surface area contributed by atoms with Crippen molar-refractivity contribution in [1.29, 1.82) is 0 Å². The minimum Gasteiger partial charge on any atom is -0.483 e. The Bertz CT molecular complexity index is 1270. The lowest BCUT2D eigenvalue weighted by atomic mass is 10.1. The van der Waals surface area contributed by atoms with Crippen LogP contribution in [0.25, 0.3) is 0 Å². The molecule has 4 heterocycles. The van der Waals surface area contributed by atoms with Crippen molar-refractivity contribution in [1.82, 2.24) is 9.55 Å². The number of anilines is 2. The summed E-state index contributed by atoms with van der Waals surface area (Å²) in [6.07, 6.45) is 0.0585. The van der Waals surface area contributed by atoms with Gasteiger partial charge in [-0.05, 0) is 37.3 Å². The number of carbonyl (C=O) groups excluding carboxylic acids is 2. The third kappa shape index (κ3) is 4.34. The van der Waals surface area contributed by atoms with Crippen LogP contribution in [0.4, 0.5) is 24.5 Å². The molecule has 2 aromatic heterocycles. The Kier molecular flexibility index (Phi) is 5.72. The minimum absolute atomic E-state index is 0.116. The zero-order valence-corrected chi connectivity index (χ0v) is 18.6. The number of rotatable bonds is 5. The summed E-state index contributed by atoms with van der Waals surface area (Å²) in [6, 6.07) is 7.36. The van der Waals surface area contributed by atoms with Gasteiger partial charge in [-0.15, -0.1) is 0 Å². The van der Waals surface area contributed by atoms with E-state index in [2.05, 4.69) is 10.3 Å². The molecule has 2 aliphatic rings. The van der Waals surface area contributed by atoms with Crippen LogP contribution >= 0.6 is 0 Å². The van der Waals surface area contributed by atoms with E-state index in [9.17, 15) is 22.8 Å². The van der Waals surface area contributed by atoms with E-state index < -0.39 is 23.6 Å². The molecule has 11 heteroatoms. The molecule has 0 bridgehead atoms. The van der Waals surface area contributed by atoms with Gasteiger partial charge in [-0.25, -0.2) is 0 Å². The normalized spacial score (nSPS) is 18.1. The molecule has 3 aromatic rings. The number of nitrogens with zero attached hydrogens (tertiary/aromatic N) is 3. The second kappa shape index (κ2) is 8.73. The second-order valence-corrected chi connectivity index (χ2v) is 8.40. The van der Waals surface area contributed by atoms with Crippen LogP contribution in [0, 0.1) is 0 Å². The molecule has 35 heavy (non-hydrogen) atoms. The quantitative estimate of drug-likeness (QED) is 0.586. The number of amides is 2. The molecule has 182 valence electrons. The van der Waals surface area contributed by atoms with Crippen LogP contribution in [-0.4, -0.2) is 47.2 Å². The first kappa shape index (κ1) is 22.9. The number of nitrogens with one attached hydrogen (secondary N) is 1. The molecule has 1 atom stereocenters. The Morgan fingerprint density at radius 1 is 1.17 bits per heavy atom. The van der Waals surface area contributed by atoms with E-state index in [-0.39, 0.29) is 29.9 Å². The Labute approximate surface area is 198 Å². The number of fused-ring (bicyclic) bond motifs is 1. The highest BCUT2D eigenvalue weighted by Crippen LogP contribution is 2.34. The second-order valence-electron chi connectivity index (χ2n) is 8.40. The summed E-state index contributed by atoms with van der Waals surface area (Å²) in [5.74, 6) is -0.579. The van der Waals surface area contributed by atoms with Crippen molar-refractivity contribution in [2.75, 3.05) is 30.0 Å². The van der Waals surface area contributed by atoms with Crippen molar-refractivity contribution in [3.8, 4) is 5.75 Å². The Hall–Kier alpha value is -3.86. The Balaban J connectivity index is 1.41. The van der Waals surface area contributed by atoms with Gasteiger partial charge in [0.05, 0.1) is 30.5 Å². The SMILES string of the molecule is C[C@H]1CN(c2ccc(C(F)(F)F)cc2)C(=O)c2c(C(=O)Nc3cnccc3OC3COC3)ccn21. The molecule has 1 N–H and O–H groups in total. The topological polar surface area (TPSA) is 85.7 Å². The maximum Gasteiger partial charge on any atom is 0.416 e. The summed E-state index contributed by atoms with van der Waals surface area (Å²) in [4.78, 5) is 32.0. The van der Waals surface area contributed by atoms with E-state index in [1.807, 2.05) is 6.92 Å². The predicted molar refractivity (Wildman–Crippen MR) is 120 cm³/mol. The van der Waals surface area contributed by atoms with E-state index in [0.717, 1.165) is 12.1 Å². The van der Waals surface area contributed by atoms with Gasteiger partial charge in [-0.1, -0.05) is 0 Å². The molecule has 1 saturated heterocycles. The van der Waals surface area contributed by atoms with Crippen LogP contribution < -0.4 is 15.0 Å². The number of pyridine rings is 1.